The van der Waals surface area contributed by atoms with E-state index in [2.05, 4.69) is 4.98 Å². The molecular formula is C19H25N3O3S. The monoisotopic (exact) mass is 375 g/mol. The Morgan fingerprint density at radius 3 is 2.54 bits per heavy atom. The van der Waals surface area contributed by atoms with E-state index < -0.39 is 9.84 Å². The minimum Gasteiger partial charge on any atom is -0.273 e. The summed E-state index contributed by atoms with van der Waals surface area (Å²) in [4.78, 5) is 17.7. The Kier molecular flexibility index (Phi) is 5.03. The van der Waals surface area contributed by atoms with Gasteiger partial charge in [0.1, 0.15) is 0 Å². The molecule has 2 heterocycles. The molecule has 3 rings (SSSR count). The molecule has 140 valence electrons. The number of rotatable bonds is 4. The van der Waals surface area contributed by atoms with Crippen LogP contribution in [-0.2, 0) is 21.1 Å². The summed E-state index contributed by atoms with van der Waals surface area (Å²) in [5.74, 6) is 0.0794. The molecule has 7 heteroatoms. The summed E-state index contributed by atoms with van der Waals surface area (Å²) >= 11 is 0. The van der Waals surface area contributed by atoms with Crippen molar-refractivity contribution < 1.29 is 13.2 Å². The van der Waals surface area contributed by atoms with E-state index >= 15 is 0 Å². The second kappa shape index (κ2) is 6.96. The van der Waals surface area contributed by atoms with Crippen LogP contribution >= 0.6 is 0 Å². The molecule has 0 aliphatic carbocycles. The molecule has 1 saturated heterocycles. The van der Waals surface area contributed by atoms with Crippen molar-refractivity contribution in [1.82, 2.24) is 15.0 Å². The summed E-state index contributed by atoms with van der Waals surface area (Å²) in [5.41, 5.74) is 3.73. The first-order chi connectivity index (χ1) is 12.2. The number of benzene rings is 1. The van der Waals surface area contributed by atoms with Crippen molar-refractivity contribution >= 4 is 26.6 Å². The average Bonchev–Trinajstić information content (AvgIpc) is 2.90. The molecule has 1 aromatic carbocycles. The number of hydrogen-bond acceptors (Lipinski definition) is 5. The molecular weight excluding hydrogens is 350 g/mol. The highest BCUT2D eigenvalue weighted by Crippen LogP contribution is 2.25. The number of hydrogen-bond donors (Lipinski definition) is 0. The second-order valence-electron chi connectivity index (χ2n) is 7.14. The van der Waals surface area contributed by atoms with Crippen molar-refractivity contribution in [3.8, 4) is 0 Å². The number of carbonyl (C=O) groups is 1. The number of pyridine rings is 1. The molecule has 0 unspecified atom stereocenters. The van der Waals surface area contributed by atoms with Gasteiger partial charge in [0, 0.05) is 25.2 Å². The molecule has 1 amide bonds. The normalized spacial score (nSPS) is 19.2. The van der Waals surface area contributed by atoms with Gasteiger partial charge in [0.25, 0.3) is 0 Å². The van der Waals surface area contributed by atoms with E-state index in [1.165, 1.54) is 0 Å². The zero-order valence-corrected chi connectivity index (χ0v) is 16.5. The highest BCUT2D eigenvalue weighted by atomic mass is 32.2. The van der Waals surface area contributed by atoms with Gasteiger partial charge in [-0.3, -0.25) is 14.8 Å². The molecule has 6 nitrogen and oxygen atoms in total. The van der Waals surface area contributed by atoms with Gasteiger partial charge in [0.2, 0.25) is 5.91 Å². The average molecular weight is 375 g/mol. The third-order valence-electron chi connectivity index (χ3n) is 5.05. The number of nitrogens with zero attached hydrogens (tertiary/aromatic N) is 3. The van der Waals surface area contributed by atoms with E-state index in [9.17, 15) is 13.2 Å². The van der Waals surface area contributed by atoms with Crippen LogP contribution in [0.1, 0.15) is 23.2 Å². The van der Waals surface area contributed by atoms with Crippen LogP contribution in [0.25, 0.3) is 10.9 Å². The Morgan fingerprint density at radius 2 is 1.92 bits per heavy atom. The number of aromatic nitrogens is 1. The lowest BCUT2D eigenvalue weighted by Crippen LogP contribution is -2.50. The van der Waals surface area contributed by atoms with E-state index in [1.807, 2.05) is 38.1 Å². The van der Waals surface area contributed by atoms with E-state index in [1.54, 1.807) is 24.1 Å². The standard InChI is InChI=1S/C19H25N3O3S/c1-13-16-7-5-6-8-18(16)20-14(2)17(13)11-19(23)22(21(3)4)15-9-10-26(24,25)12-15/h5-8,15H,9-12H2,1-4H3/t15-/m0/s1. The van der Waals surface area contributed by atoms with Crippen LogP contribution in [0, 0.1) is 13.8 Å². The Morgan fingerprint density at radius 1 is 1.23 bits per heavy atom. The summed E-state index contributed by atoms with van der Waals surface area (Å²) in [5, 5.41) is 4.34. The van der Waals surface area contributed by atoms with Crippen LogP contribution < -0.4 is 0 Å². The van der Waals surface area contributed by atoms with Gasteiger partial charge in [-0.15, -0.1) is 0 Å². The molecule has 0 saturated carbocycles. The first kappa shape index (κ1) is 18.8. The van der Waals surface area contributed by atoms with Crippen LogP contribution in [0.5, 0.6) is 0 Å². The fraction of sp³-hybridized carbons (Fsp3) is 0.474. The summed E-state index contributed by atoms with van der Waals surface area (Å²) < 4.78 is 23.7. The number of para-hydroxylation sites is 1. The van der Waals surface area contributed by atoms with E-state index in [-0.39, 0.29) is 29.9 Å². The Bertz CT molecular complexity index is 954. The number of amides is 1. The first-order valence-corrected chi connectivity index (χ1v) is 10.6. The van der Waals surface area contributed by atoms with Crippen LogP contribution in [0.4, 0.5) is 0 Å². The molecule has 1 aliphatic heterocycles. The lowest BCUT2D eigenvalue weighted by atomic mass is 9.99. The third-order valence-corrected chi connectivity index (χ3v) is 6.80. The van der Waals surface area contributed by atoms with Gasteiger partial charge in [0.15, 0.2) is 9.84 Å². The summed E-state index contributed by atoms with van der Waals surface area (Å²) in [6, 6.07) is 7.60. The molecule has 0 spiro atoms. The van der Waals surface area contributed by atoms with Crippen molar-refractivity contribution in [1.29, 1.82) is 0 Å². The molecule has 0 bridgehead atoms. The van der Waals surface area contributed by atoms with Gasteiger partial charge in [-0.05, 0) is 37.5 Å². The minimum atomic E-state index is -3.06. The Labute approximate surface area is 154 Å². The molecule has 0 radical (unpaired) electrons. The predicted octanol–water partition coefficient (Wildman–Crippen LogP) is 1.89. The van der Waals surface area contributed by atoms with Crippen molar-refractivity contribution in [2.75, 3.05) is 25.6 Å². The van der Waals surface area contributed by atoms with Gasteiger partial charge >= 0.3 is 0 Å². The smallest absolute Gasteiger partial charge is 0.241 e. The van der Waals surface area contributed by atoms with Crippen molar-refractivity contribution in [2.45, 2.75) is 32.7 Å². The summed E-state index contributed by atoms with van der Waals surface area (Å²) in [6.07, 6.45) is 0.699. The fourth-order valence-electron chi connectivity index (χ4n) is 3.78. The number of aryl methyl sites for hydroxylation is 2. The lowest BCUT2D eigenvalue weighted by Gasteiger charge is -2.34. The van der Waals surface area contributed by atoms with Gasteiger partial charge < -0.3 is 0 Å². The topological polar surface area (TPSA) is 70.6 Å². The largest absolute Gasteiger partial charge is 0.273 e. The van der Waals surface area contributed by atoms with E-state index in [0.717, 1.165) is 27.7 Å². The van der Waals surface area contributed by atoms with Gasteiger partial charge in [0.05, 0.1) is 29.5 Å². The van der Waals surface area contributed by atoms with Crippen LogP contribution in [0.2, 0.25) is 0 Å². The third kappa shape index (κ3) is 3.59. The van der Waals surface area contributed by atoms with Crippen molar-refractivity contribution in [3.05, 3.63) is 41.1 Å². The number of fused-ring (bicyclic) bond motifs is 1. The maximum atomic E-state index is 13.1. The molecule has 1 aromatic heterocycles. The Hall–Kier alpha value is -1.99. The quantitative estimate of drug-likeness (QED) is 0.763. The van der Waals surface area contributed by atoms with Crippen molar-refractivity contribution in [3.63, 3.8) is 0 Å². The molecule has 26 heavy (non-hydrogen) atoms. The van der Waals surface area contributed by atoms with Crippen molar-refractivity contribution in [2.24, 2.45) is 0 Å². The summed E-state index contributed by atoms with van der Waals surface area (Å²) in [6.45, 7) is 3.93. The molecule has 1 fully saturated rings. The Balaban J connectivity index is 1.92. The molecule has 1 aliphatic rings. The lowest BCUT2D eigenvalue weighted by molar-refractivity contribution is -0.148. The fourth-order valence-corrected chi connectivity index (χ4v) is 5.48. The number of hydrazine groups is 1. The SMILES string of the molecule is Cc1nc2ccccc2c(C)c1CC(=O)N([C@H]1CCS(=O)(=O)C1)N(C)C. The van der Waals surface area contributed by atoms with Crippen LogP contribution in [0.15, 0.2) is 24.3 Å². The highest BCUT2D eigenvalue weighted by molar-refractivity contribution is 7.91. The van der Waals surface area contributed by atoms with E-state index in [4.69, 9.17) is 0 Å². The van der Waals surface area contributed by atoms with Crippen LogP contribution in [0.3, 0.4) is 0 Å². The summed E-state index contributed by atoms with van der Waals surface area (Å²) in [7, 11) is 0.500. The maximum absolute atomic E-state index is 13.1. The first-order valence-electron chi connectivity index (χ1n) is 8.74. The van der Waals surface area contributed by atoms with E-state index in [0.29, 0.717) is 6.42 Å². The highest BCUT2D eigenvalue weighted by Gasteiger charge is 2.36. The number of sulfone groups is 1. The maximum Gasteiger partial charge on any atom is 0.241 e. The van der Waals surface area contributed by atoms with Gasteiger partial charge in [-0.25, -0.2) is 13.4 Å². The molecule has 0 N–H and O–H groups in total. The predicted molar refractivity (Wildman–Crippen MR) is 103 cm³/mol. The van der Waals surface area contributed by atoms with Crippen LogP contribution in [-0.4, -0.2) is 61.0 Å². The second-order valence-corrected chi connectivity index (χ2v) is 9.37. The zero-order valence-electron chi connectivity index (χ0n) is 15.7. The van der Waals surface area contributed by atoms with Gasteiger partial charge in [-0.2, -0.15) is 0 Å². The van der Waals surface area contributed by atoms with Gasteiger partial charge in [-0.1, -0.05) is 18.2 Å². The zero-order chi connectivity index (χ0) is 19.1. The minimum absolute atomic E-state index is 0.0326. The molecule has 2 aromatic rings. The number of carbonyl (C=O) groups excluding carboxylic acids is 1. The molecule has 1 atom stereocenters.